The van der Waals surface area contributed by atoms with Crippen LogP contribution in [0.2, 0.25) is 10.1 Å². The molecule has 2 unspecified atom stereocenters. The minimum Gasteiger partial charge on any atom is -0.402 e. The summed E-state index contributed by atoms with van der Waals surface area (Å²) >= 11 is 0. The van der Waals surface area contributed by atoms with E-state index in [4.69, 9.17) is 68.1 Å². The first kappa shape index (κ1) is 98.2. The molecule has 14 atom stereocenters. The largest absolute Gasteiger partial charge is 0.475 e. The maximum atomic E-state index is 14.8. The third kappa shape index (κ3) is 22.5. The molecule has 0 bridgehead atoms. The van der Waals surface area contributed by atoms with E-state index in [1.807, 2.05) is 104 Å². The minimum absolute atomic E-state index is 0.0576. The highest BCUT2D eigenvalue weighted by molar-refractivity contribution is 7.48. The maximum Gasteiger partial charge on any atom is 0.475 e. The number of aromatic amines is 2. The van der Waals surface area contributed by atoms with Gasteiger partial charge in [-0.25, -0.2) is 41.5 Å². The smallest absolute Gasteiger partial charge is 0.402 e. The average molecular weight is 1880 g/mol. The van der Waals surface area contributed by atoms with E-state index < -0.39 is 182 Å². The highest BCUT2D eigenvalue weighted by Crippen LogP contribution is 2.56. The summed E-state index contributed by atoms with van der Waals surface area (Å²) < 4.78 is 111. The van der Waals surface area contributed by atoms with Gasteiger partial charge in [0.1, 0.15) is 74.2 Å². The Bertz CT molecular complexity index is 5820. The summed E-state index contributed by atoms with van der Waals surface area (Å²) in [5.41, 5.74) is -1.60. The molecule has 0 spiro atoms. The van der Waals surface area contributed by atoms with Gasteiger partial charge in [-0.1, -0.05) is 206 Å². The molecule has 4 aromatic heterocycles. The molecule has 5 N–H and O–H groups in total. The summed E-state index contributed by atoms with van der Waals surface area (Å²) in [6.45, 7) is 33.4. The van der Waals surface area contributed by atoms with Crippen molar-refractivity contribution in [3.8, 4) is 0 Å². The molecule has 35 nitrogen and oxygen atoms in total. The molecule has 0 radical (unpaired) electrons. The number of nitrogens with one attached hydrogen (secondary N) is 4. The van der Waals surface area contributed by atoms with Crippen LogP contribution in [0.3, 0.4) is 0 Å². The Kier molecular flexibility index (Phi) is 31.8. The summed E-state index contributed by atoms with van der Waals surface area (Å²) in [5.74, 6) is -0.682. The van der Waals surface area contributed by atoms with E-state index in [1.165, 1.54) is 33.0 Å². The van der Waals surface area contributed by atoms with E-state index in [2.05, 4.69) is 106 Å². The number of amides is 2. The predicted octanol–water partition coefficient (Wildman–Crippen LogP) is 10.7. The zero-order chi connectivity index (χ0) is 94.5. The van der Waals surface area contributed by atoms with Gasteiger partial charge in [0.15, 0.2) is 0 Å². The number of nitrogens with zero attached hydrogens (tertiary/aromatic N) is 8. The second kappa shape index (κ2) is 42.7. The van der Waals surface area contributed by atoms with E-state index in [1.54, 1.807) is 93.8 Å². The molecule has 4 saturated heterocycles. The lowest BCUT2D eigenvalue weighted by molar-refractivity contribution is -0.0587. The molecule has 4 aliphatic rings. The van der Waals surface area contributed by atoms with Crippen LogP contribution in [-0.4, -0.2) is 167 Å². The van der Waals surface area contributed by atoms with Gasteiger partial charge in [0.05, 0.1) is 44.2 Å². The predicted molar refractivity (Wildman–Crippen MR) is 496 cm³/mol. The lowest BCUT2D eigenvalue weighted by atomic mass is 10.1. The number of aromatic nitrogens is 8. The van der Waals surface area contributed by atoms with Crippen LogP contribution in [0, 0.1) is 40.8 Å². The number of anilines is 2. The van der Waals surface area contributed by atoms with Crippen LogP contribution in [0.1, 0.15) is 148 Å². The fourth-order valence-corrected chi connectivity index (χ4v) is 29.0. The number of carbonyl (C=O) groups excluding carboxylic acids is 2. The van der Waals surface area contributed by atoms with Crippen LogP contribution in [0.4, 0.5) is 11.6 Å². The molecule has 8 heterocycles. The van der Waals surface area contributed by atoms with Gasteiger partial charge in [-0.05, 0) is 89.2 Å². The zero-order valence-electron chi connectivity index (χ0n) is 74.9. The Morgan fingerprint density at radius 2 is 0.758 bits per heavy atom. The first-order chi connectivity index (χ1) is 63.1. The van der Waals surface area contributed by atoms with Gasteiger partial charge in [-0.2, -0.15) is 9.97 Å². The molecule has 696 valence electrons. The molecule has 10 aromatic rings. The topological polar surface area (TPSA) is 412 Å². The quantitative estimate of drug-likeness (QED) is 0.0108. The first-order valence-corrected chi connectivity index (χ1v) is 50.0. The lowest BCUT2D eigenvalue weighted by Crippen LogP contribution is -2.68. The molecular formula is C93H108N12O23P2Si2. The Labute approximate surface area is 763 Å². The SMILES string of the molecule is [C-]#[N+]CCOP(=O)(OC[C@H]1O[C@@H](n2cc(C)c(NC(=O)c3ccccc3)nc2=O)C[C@H]1O[Si](c1ccccc1)(c1ccccc1)C(C)(C)C)O[C@@H]1C[C@H](n2cc(C)c(=O)[nH]c2=O)O[C@@H]1CC.[C-]#[N+]CCOP(=O)(OC[C@H]1O[C@@H](n2cc(C)c(NC(=O)c3ccccc3)nc2=O)C[C@H]1O[Si](c1ccccc1)(c1ccccc1)C(C)(C)C)O[C@@H]1C[C@H](n2cc(C)c(=O)[nH]c2=O)O[C@@H]1CO. The number of aliphatic hydroxyl groups excluding tert-OH is 1. The van der Waals surface area contributed by atoms with Crippen LogP contribution in [-0.2, 0) is 64.1 Å². The average Bonchev–Trinajstić information content (AvgIpc) is 1.19. The van der Waals surface area contributed by atoms with Crippen molar-refractivity contribution in [3.63, 3.8) is 0 Å². The summed E-state index contributed by atoms with van der Waals surface area (Å²) in [4.78, 5) is 123. The van der Waals surface area contributed by atoms with Gasteiger partial charge >= 0.3 is 38.4 Å². The van der Waals surface area contributed by atoms with Gasteiger partial charge in [0, 0.05) is 83.9 Å². The van der Waals surface area contributed by atoms with Gasteiger partial charge < -0.3 is 53.2 Å². The number of phosphoric acid groups is 2. The van der Waals surface area contributed by atoms with Crippen molar-refractivity contribution in [1.29, 1.82) is 0 Å². The van der Waals surface area contributed by atoms with Crippen molar-refractivity contribution in [2.75, 3.05) is 56.8 Å². The van der Waals surface area contributed by atoms with Gasteiger partial charge in [0.25, 0.3) is 39.6 Å². The number of aryl methyl sites for hydroxylation is 4. The monoisotopic (exact) mass is 1880 g/mol. The van der Waals surface area contributed by atoms with Crippen LogP contribution >= 0.6 is 15.6 Å². The van der Waals surface area contributed by atoms with Crippen molar-refractivity contribution < 1.29 is 78.8 Å². The molecule has 4 aliphatic heterocycles. The summed E-state index contributed by atoms with van der Waals surface area (Å²) in [7, 11) is -15.8. The van der Waals surface area contributed by atoms with Crippen LogP contribution in [0.5, 0.6) is 0 Å². The normalized spacial score (nSPS) is 21.8. The van der Waals surface area contributed by atoms with E-state index >= 15 is 0 Å². The summed E-state index contributed by atoms with van der Waals surface area (Å²) in [5, 5.41) is 18.8. The van der Waals surface area contributed by atoms with Crippen molar-refractivity contribution >= 4 is 76.5 Å². The number of benzene rings is 6. The molecule has 14 rings (SSSR count). The Morgan fingerprint density at radius 3 is 1.08 bits per heavy atom. The number of aliphatic hydroxyl groups is 1. The maximum absolute atomic E-state index is 14.8. The van der Waals surface area contributed by atoms with Crippen LogP contribution in [0.25, 0.3) is 9.69 Å². The number of rotatable bonds is 34. The molecule has 0 aliphatic carbocycles. The first-order valence-electron chi connectivity index (χ1n) is 43.3. The van der Waals surface area contributed by atoms with Crippen molar-refractivity contribution in [2.45, 2.75) is 192 Å². The number of hydrogen-bond donors (Lipinski definition) is 5. The molecule has 6 aromatic carbocycles. The molecular weight excluding hydrogens is 1770 g/mol. The third-order valence-electron chi connectivity index (χ3n) is 23.4. The van der Waals surface area contributed by atoms with E-state index in [-0.39, 0.29) is 69.2 Å². The molecule has 39 heteroatoms. The minimum atomic E-state index is -4.65. The molecule has 4 fully saturated rings. The second-order valence-corrected chi connectivity index (χ2v) is 46.2. The second-order valence-electron chi connectivity index (χ2n) is 34.4. The Morgan fingerprint density at radius 1 is 0.455 bits per heavy atom. The highest BCUT2D eigenvalue weighted by Gasteiger charge is 2.57. The summed E-state index contributed by atoms with van der Waals surface area (Å²) in [6, 6.07) is 56.9. The lowest BCUT2D eigenvalue weighted by Gasteiger charge is -2.45. The Balaban J connectivity index is 0.000000224. The fraction of sp³-hybridized carbons (Fsp3) is 0.398. The van der Waals surface area contributed by atoms with Gasteiger partial charge in [-0.3, -0.25) is 74.6 Å². The molecule has 0 saturated carbocycles. The molecule has 2 amide bonds. The Hall–Kier alpha value is -11.3. The number of phosphoric ester groups is 2. The molecule has 132 heavy (non-hydrogen) atoms. The van der Waals surface area contributed by atoms with Crippen LogP contribution < -0.4 is 65.3 Å². The summed E-state index contributed by atoms with van der Waals surface area (Å²) in [6.07, 6.45) is -4.76. The van der Waals surface area contributed by atoms with E-state index in [0.717, 1.165) is 25.3 Å². The van der Waals surface area contributed by atoms with Gasteiger partial charge in [-0.15, -0.1) is 0 Å². The number of hydrogen-bond acceptors (Lipinski definition) is 25. The van der Waals surface area contributed by atoms with Crippen LogP contribution in [0.15, 0.2) is 236 Å². The number of carbonyl (C=O) groups is 2. The standard InChI is InChI=1S/C47H55N6O11PSi.C46H53N6O12PSi/c1-8-36-37(26-40(61-36)53-29-32(3)43(54)51-46(53)57)63-65(58,59-25-24-48-7)60-30-39-38(64-66(47(4,5)6,34-20-14-10-15-21-34)35-22-16-11-17-23-35)27-41(62-39)52-28-31(2)42(50-45(52)56)49-44(55)33-18-12-9-13-19-33;1-30-26-51(44(56)49-41(30)48-43(55)32-16-10-7-11-17-32)40-25-36(64-66(46(3,4)5,33-18-12-8-13-19-33)34-20-14-9-15-21-34)38(62-40)29-60-65(58,59-23-22-47-6)63-35-24-39(61-37(35)28-53)52-27-31(2)42(54)50-45(52)57/h9-23,28-29,36-41H,8,24-27,30H2,1-6H3,(H,51,54,57)(H,49,50,55,56);7-21,26-27,35-40,53H,22-25,28-29H2,1-5H3,(H,50,54,57)(H,48,49,55,56)/t36-,37-,38-,39-,40-,41-,65?;35-,36-,37-,38-,39-,40-,65?/m11/s1. The van der Waals surface area contributed by atoms with E-state index in [0.29, 0.717) is 34.2 Å². The van der Waals surface area contributed by atoms with Gasteiger partial charge in [0.2, 0.25) is 13.1 Å². The van der Waals surface area contributed by atoms with E-state index in [9.17, 15) is 52.6 Å². The number of H-pyrrole nitrogens is 2. The van der Waals surface area contributed by atoms with Crippen molar-refractivity contribution in [2.24, 2.45) is 0 Å². The highest BCUT2D eigenvalue weighted by atomic mass is 31.2. The fourth-order valence-electron chi connectivity index (χ4n) is 16.8. The number of ether oxygens (including phenoxy) is 4. The van der Waals surface area contributed by atoms with Crippen molar-refractivity contribution in [1.82, 2.24) is 38.2 Å². The third-order valence-corrected chi connectivity index (χ3v) is 36.5. The van der Waals surface area contributed by atoms with Crippen molar-refractivity contribution in [3.05, 3.63) is 326 Å². The zero-order valence-corrected chi connectivity index (χ0v) is 78.7.